The van der Waals surface area contributed by atoms with Crippen molar-refractivity contribution in [2.45, 2.75) is 25.2 Å². The van der Waals surface area contributed by atoms with E-state index in [1.54, 1.807) is 6.07 Å². The zero-order chi connectivity index (χ0) is 15.9. The zero-order valence-corrected chi connectivity index (χ0v) is 13.2. The van der Waals surface area contributed by atoms with Crippen LogP contribution in [0.1, 0.15) is 29.0 Å². The van der Waals surface area contributed by atoms with Crippen LogP contribution in [0.4, 0.5) is 4.39 Å². The number of aryl methyl sites for hydroxylation is 1. The van der Waals surface area contributed by atoms with Gasteiger partial charge in [-0.05, 0) is 54.0 Å². The van der Waals surface area contributed by atoms with E-state index in [1.807, 2.05) is 24.3 Å². The third-order valence-electron chi connectivity index (χ3n) is 4.27. The summed E-state index contributed by atoms with van der Waals surface area (Å²) in [6.45, 7) is 0. The van der Waals surface area contributed by atoms with Crippen LogP contribution in [0.3, 0.4) is 0 Å². The van der Waals surface area contributed by atoms with Gasteiger partial charge in [-0.1, -0.05) is 72.8 Å². The lowest BCUT2D eigenvalue weighted by atomic mass is 9.87. The Morgan fingerprint density at radius 2 is 1.35 bits per heavy atom. The lowest BCUT2D eigenvalue weighted by Gasteiger charge is -2.18. The topological polar surface area (TPSA) is 0 Å². The van der Waals surface area contributed by atoms with Crippen molar-refractivity contribution in [1.29, 1.82) is 0 Å². The highest BCUT2D eigenvalue weighted by Gasteiger charge is 2.13. The molecule has 116 valence electrons. The summed E-state index contributed by atoms with van der Waals surface area (Å²) in [5, 5.41) is 0. The molecule has 3 aromatic carbocycles. The maximum absolute atomic E-state index is 13.6. The third kappa shape index (κ3) is 4.53. The fourth-order valence-corrected chi connectivity index (χ4v) is 3.03. The quantitative estimate of drug-likeness (QED) is 0.541. The molecule has 0 amide bonds. The highest BCUT2D eigenvalue weighted by Crippen LogP contribution is 2.26. The summed E-state index contributed by atoms with van der Waals surface area (Å²) in [5.41, 5.74) is 3.72. The molecule has 1 atom stereocenters. The van der Waals surface area contributed by atoms with Crippen molar-refractivity contribution in [1.82, 2.24) is 0 Å². The highest BCUT2D eigenvalue weighted by molar-refractivity contribution is 5.26. The van der Waals surface area contributed by atoms with Crippen LogP contribution < -0.4 is 0 Å². The average Bonchev–Trinajstić information content (AvgIpc) is 2.60. The number of hydrogen-bond acceptors (Lipinski definition) is 0. The molecule has 0 aromatic heterocycles. The van der Waals surface area contributed by atoms with E-state index in [0.717, 1.165) is 24.8 Å². The summed E-state index contributed by atoms with van der Waals surface area (Å²) < 4.78 is 13.6. The number of halogens is 1. The Morgan fingerprint density at radius 3 is 2.00 bits per heavy atom. The Morgan fingerprint density at radius 1 is 0.696 bits per heavy atom. The van der Waals surface area contributed by atoms with E-state index in [4.69, 9.17) is 0 Å². The third-order valence-corrected chi connectivity index (χ3v) is 4.27. The molecular formula is C22H21F. The molecule has 0 heterocycles. The Labute approximate surface area is 137 Å². The molecule has 0 saturated carbocycles. The number of rotatable bonds is 6. The summed E-state index contributed by atoms with van der Waals surface area (Å²) in [5.74, 6) is 0.175. The largest absolute Gasteiger partial charge is 0.207 e. The second-order valence-electron chi connectivity index (χ2n) is 5.97. The molecule has 3 rings (SSSR count). The van der Waals surface area contributed by atoms with Crippen LogP contribution >= 0.6 is 0 Å². The molecule has 0 aliphatic heterocycles. The van der Waals surface area contributed by atoms with Crippen molar-refractivity contribution < 1.29 is 4.39 Å². The minimum absolute atomic E-state index is 0.153. The predicted octanol–water partition coefficient (Wildman–Crippen LogP) is 5.78. The Kier molecular flexibility index (Phi) is 5.21. The Hall–Kier alpha value is -2.41. The van der Waals surface area contributed by atoms with Crippen molar-refractivity contribution in [2.75, 3.05) is 0 Å². The van der Waals surface area contributed by atoms with E-state index in [2.05, 4.69) is 48.5 Å². The van der Waals surface area contributed by atoms with E-state index in [9.17, 15) is 4.39 Å². The molecule has 0 bridgehead atoms. The van der Waals surface area contributed by atoms with Crippen molar-refractivity contribution >= 4 is 0 Å². The van der Waals surface area contributed by atoms with Gasteiger partial charge < -0.3 is 0 Å². The lowest BCUT2D eigenvalue weighted by Crippen LogP contribution is -2.05. The van der Waals surface area contributed by atoms with Gasteiger partial charge in [0.2, 0.25) is 0 Å². The van der Waals surface area contributed by atoms with Crippen molar-refractivity contribution in [3.8, 4) is 0 Å². The predicted molar refractivity (Wildman–Crippen MR) is 94.1 cm³/mol. The smallest absolute Gasteiger partial charge is 0.123 e. The van der Waals surface area contributed by atoms with Gasteiger partial charge in [-0.25, -0.2) is 4.39 Å². The Bertz CT molecular complexity index is 719. The Balaban J connectivity index is 1.78. The van der Waals surface area contributed by atoms with E-state index in [-0.39, 0.29) is 5.82 Å². The minimum atomic E-state index is -0.153. The standard InChI is InChI=1S/C22H21F/c23-22-13-7-12-20(17-22)21(16-19-10-5-2-6-11-19)15-14-18-8-3-1-4-9-18/h1-13,17,21H,14-16H2. The van der Waals surface area contributed by atoms with Crippen LogP contribution in [0.15, 0.2) is 84.9 Å². The monoisotopic (exact) mass is 304 g/mol. The molecule has 0 fully saturated rings. The van der Waals surface area contributed by atoms with Crippen molar-refractivity contribution in [3.63, 3.8) is 0 Å². The van der Waals surface area contributed by atoms with E-state index in [0.29, 0.717) is 5.92 Å². The van der Waals surface area contributed by atoms with Gasteiger partial charge in [0.25, 0.3) is 0 Å². The van der Waals surface area contributed by atoms with Gasteiger partial charge >= 0.3 is 0 Å². The number of benzene rings is 3. The van der Waals surface area contributed by atoms with Crippen LogP contribution in [-0.2, 0) is 12.8 Å². The van der Waals surface area contributed by atoms with E-state index >= 15 is 0 Å². The first-order chi connectivity index (χ1) is 11.3. The lowest BCUT2D eigenvalue weighted by molar-refractivity contribution is 0.597. The molecule has 23 heavy (non-hydrogen) atoms. The van der Waals surface area contributed by atoms with Crippen LogP contribution in [0, 0.1) is 5.82 Å². The molecule has 0 N–H and O–H groups in total. The zero-order valence-electron chi connectivity index (χ0n) is 13.2. The molecule has 0 aliphatic carbocycles. The maximum atomic E-state index is 13.6. The van der Waals surface area contributed by atoms with Crippen LogP contribution in [-0.4, -0.2) is 0 Å². The van der Waals surface area contributed by atoms with Crippen LogP contribution in [0.25, 0.3) is 0 Å². The van der Waals surface area contributed by atoms with Crippen LogP contribution in [0.5, 0.6) is 0 Å². The minimum Gasteiger partial charge on any atom is -0.207 e. The molecule has 1 heteroatoms. The summed E-state index contributed by atoms with van der Waals surface area (Å²) in [4.78, 5) is 0. The fraction of sp³-hybridized carbons (Fsp3) is 0.182. The van der Waals surface area contributed by atoms with Crippen molar-refractivity contribution in [3.05, 3.63) is 107 Å². The SMILES string of the molecule is Fc1cccc(C(CCc2ccccc2)Cc2ccccc2)c1. The maximum Gasteiger partial charge on any atom is 0.123 e. The van der Waals surface area contributed by atoms with E-state index < -0.39 is 0 Å². The molecule has 0 aliphatic rings. The second-order valence-corrected chi connectivity index (χ2v) is 5.97. The van der Waals surface area contributed by atoms with E-state index in [1.165, 1.54) is 17.2 Å². The summed E-state index contributed by atoms with van der Waals surface area (Å²) >= 11 is 0. The molecule has 0 nitrogen and oxygen atoms in total. The molecule has 0 spiro atoms. The van der Waals surface area contributed by atoms with Crippen molar-refractivity contribution in [2.24, 2.45) is 0 Å². The van der Waals surface area contributed by atoms with Gasteiger partial charge in [0.05, 0.1) is 0 Å². The number of hydrogen-bond donors (Lipinski definition) is 0. The van der Waals surface area contributed by atoms with Crippen LogP contribution in [0.2, 0.25) is 0 Å². The van der Waals surface area contributed by atoms with Gasteiger partial charge in [-0.15, -0.1) is 0 Å². The normalized spacial score (nSPS) is 12.0. The molecule has 0 radical (unpaired) electrons. The molecule has 3 aromatic rings. The molecule has 1 unspecified atom stereocenters. The summed E-state index contributed by atoms with van der Waals surface area (Å²) in [6.07, 6.45) is 2.97. The van der Waals surface area contributed by atoms with Gasteiger partial charge in [0.1, 0.15) is 5.82 Å². The van der Waals surface area contributed by atoms with Gasteiger partial charge in [0, 0.05) is 0 Å². The highest BCUT2D eigenvalue weighted by atomic mass is 19.1. The van der Waals surface area contributed by atoms with Gasteiger partial charge in [-0.2, -0.15) is 0 Å². The molecular weight excluding hydrogens is 283 g/mol. The second kappa shape index (κ2) is 7.73. The summed E-state index contributed by atoms with van der Waals surface area (Å²) in [7, 11) is 0. The first-order valence-corrected chi connectivity index (χ1v) is 8.14. The summed E-state index contributed by atoms with van der Waals surface area (Å²) in [6, 6.07) is 28.0. The fourth-order valence-electron chi connectivity index (χ4n) is 3.03. The first-order valence-electron chi connectivity index (χ1n) is 8.14. The first kappa shape index (κ1) is 15.5. The molecule has 0 saturated heterocycles. The average molecular weight is 304 g/mol. The van der Waals surface area contributed by atoms with Gasteiger partial charge in [-0.3, -0.25) is 0 Å². The van der Waals surface area contributed by atoms with Gasteiger partial charge in [0.15, 0.2) is 0 Å².